The van der Waals surface area contributed by atoms with Crippen molar-refractivity contribution in [1.29, 1.82) is 0 Å². The number of nitrogens with one attached hydrogen (secondary N) is 1. The molecule has 128 valence electrons. The number of hydrogen-bond acceptors (Lipinski definition) is 4. The van der Waals surface area contributed by atoms with E-state index in [1.54, 1.807) is 40.8 Å². The van der Waals surface area contributed by atoms with Gasteiger partial charge in [0.15, 0.2) is 0 Å². The Morgan fingerprint density at radius 1 is 1.25 bits per heavy atom. The fraction of sp³-hybridized carbons (Fsp3) is 0.353. The lowest BCUT2D eigenvalue weighted by atomic mass is 10.1. The first-order valence-corrected chi connectivity index (χ1v) is 7.42. The minimum Gasteiger partial charge on any atom is -0.456 e. The normalized spacial score (nSPS) is 11.2. The Balaban J connectivity index is 2.17. The number of carbonyl (C=O) groups is 2. The summed E-state index contributed by atoms with van der Waals surface area (Å²) < 4.78 is 20.8. The quantitative estimate of drug-likeness (QED) is 0.876. The molecule has 7 heteroatoms. The van der Waals surface area contributed by atoms with Crippen molar-refractivity contribution in [1.82, 2.24) is 9.78 Å². The van der Waals surface area contributed by atoms with Crippen molar-refractivity contribution in [2.45, 2.75) is 33.3 Å². The van der Waals surface area contributed by atoms with E-state index in [9.17, 15) is 14.0 Å². The first-order valence-electron chi connectivity index (χ1n) is 7.42. The highest BCUT2D eigenvalue weighted by Gasteiger charge is 2.20. The van der Waals surface area contributed by atoms with Gasteiger partial charge in [-0.1, -0.05) is 0 Å². The number of esters is 1. The van der Waals surface area contributed by atoms with Crippen LogP contribution in [-0.4, -0.2) is 27.3 Å². The van der Waals surface area contributed by atoms with Crippen LogP contribution in [0, 0.1) is 12.7 Å². The topological polar surface area (TPSA) is 73.2 Å². The van der Waals surface area contributed by atoms with Gasteiger partial charge in [0.1, 0.15) is 17.1 Å². The molecule has 0 aliphatic rings. The van der Waals surface area contributed by atoms with Crippen LogP contribution < -0.4 is 5.32 Å². The molecule has 0 fully saturated rings. The zero-order valence-corrected chi connectivity index (χ0v) is 14.3. The second kappa shape index (κ2) is 6.43. The van der Waals surface area contributed by atoms with E-state index in [-0.39, 0.29) is 11.3 Å². The van der Waals surface area contributed by atoms with Crippen LogP contribution in [0.2, 0.25) is 0 Å². The molecule has 0 unspecified atom stereocenters. The lowest BCUT2D eigenvalue weighted by Gasteiger charge is -2.19. The van der Waals surface area contributed by atoms with Gasteiger partial charge < -0.3 is 10.1 Å². The molecule has 0 saturated heterocycles. The molecule has 1 N–H and O–H groups in total. The summed E-state index contributed by atoms with van der Waals surface area (Å²) in [4.78, 5) is 24.1. The van der Waals surface area contributed by atoms with Gasteiger partial charge in [-0.05, 0) is 52.0 Å². The van der Waals surface area contributed by atoms with Gasteiger partial charge >= 0.3 is 5.97 Å². The van der Waals surface area contributed by atoms with E-state index in [1.807, 2.05) is 0 Å². The van der Waals surface area contributed by atoms with Crippen molar-refractivity contribution in [3.05, 3.63) is 47.0 Å². The first kappa shape index (κ1) is 17.7. The molecule has 0 atom stereocenters. The van der Waals surface area contributed by atoms with Gasteiger partial charge in [-0.3, -0.25) is 9.48 Å². The van der Waals surface area contributed by atoms with Gasteiger partial charge in [0.25, 0.3) is 5.91 Å². The highest BCUT2D eigenvalue weighted by atomic mass is 19.1. The van der Waals surface area contributed by atoms with Crippen LogP contribution >= 0.6 is 0 Å². The maximum Gasteiger partial charge on any atom is 0.338 e. The van der Waals surface area contributed by atoms with E-state index in [0.29, 0.717) is 11.4 Å². The number of nitrogens with zero attached hydrogens (tertiary/aromatic N) is 2. The van der Waals surface area contributed by atoms with Crippen molar-refractivity contribution in [3.63, 3.8) is 0 Å². The van der Waals surface area contributed by atoms with Crippen molar-refractivity contribution in [3.8, 4) is 0 Å². The molecule has 1 aromatic heterocycles. The minimum absolute atomic E-state index is 0.0221. The van der Waals surface area contributed by atoms with Crippen molar-refractivity contribution < 1.29 is 18.7 Å². The average Bonchev–Trinajstić information content (AvgIpc) is 2.78. The van der Waals surface area contributed by atoms with Crippen LogP contribution in [0.25, 0.3) is 0 Å². The zero-order chi connectivity index (χ0) is 18.1. The number of anilines is 1. The summed E-state index contributed by atoms with van der Waals surface area (Å²) in [5.41, 5.74) is 0.382. The second-order valence-corrected chi connectivity index (χ2v) is 6.45. The molecule has 0 spiro atoms. The van der Waals surface area contributed by atoms with Crippen LogP contribution in [0.15, 0.2) is 24.3 Å². The number of carbonyl (C=O) groups excluding carboxylic acids is 2. The number of benzene rings is 1. The predicted octanol–water partition coefficient (Wildman–Crippen LogP) is 3.08. The standard InChI is InChI=1S/C17H20FN3O3/c1-10-8-14(21(5)20-10)15(22)19-13-7-6-11(9-12(13)18)16(23)24-17(2,3)4/h6-9H,1-5H3,(H,19,22). The van der Waals surface area contributed by atoms with E-state index >= 15 is 0 Å². The summed E-state index contributed by atoms with van der Waals surface area (Å²) in [6.45, 7) is 6.94. The maximum absolute atomic E-state index is 14.2. The second-order valence-electron chi connectivity index (χ2n) is 6.45. The van der Waals surface area contributed by atoms with Gasteiger partial charge in [-0.2, -0.15) is 5.10 Å². The molecule has 0 saturated carbocycles. The van der Waals surface area contributed by atoms with Crippen LogP contribution in [0.1, 0.15) is 47.3 Å². The summed E-state index contributed by atoms with van der Waals surface area (Å²) in [6.07, 6.45) is 0. The zero-order valence-electron chi connectivity index (χ0n) is 14.3. The lowest BCUT2D eigenvalue weighted by Crippen LogP contribution is -2.24. The van der Waals surface area contributed by atoms with Crippen molar-refractivity contribution in [2.24, 2.45) is 7.05 Å². The molecule has 24 heavy (non-hydrogen) atoms. The Hall–Kier alpha value is -2.70. The molecule has 0 bridgehead atoms. The first-order chi connectivity index (χ1) is 11.1. The number of ether oxygens (including phenoxy) is 1. The summed E-state index contributed by atoms with van der Waals surface area (Å²) in [5.74, 6) is -1.82. The van der Waals surface area contributed by atoms with Crippen LogP contribution in [0.3, 0.4) is 0 Å². The summed E-state index contributed by atoms with van der Waals surface area (Å²) >= 11 is 0. The van der Waals surface area contributed by atoms with Crippen molar-refractivity contribution in [2.75, 3.05) is 5.32 Å². The predicted molar refractivity (Wildman–Crippen MR) is 87.5 cm³/mol. The van der Waals surface area contributed by atoms with Gasteiger partial charge in [0, 0.05) is 7.05 Å². The smallest absolute Gasteiger partial charge is 0.338 e. The summed E-state index contributed by atoms with van der Waals surface area (Å²) in [6, 6.07) is 5.37. The molecule has 6 nitrogen and oxygen atoms in total. The largest absolute Gasteiger partial charge is 0.456 e. The van der Waals surface area contributed by atoms with Crippen LogP contribution in [-0.2, 0) is 11.8 Å². The number of aryl methyl sites for hydroxylation is 2. The number of halogens is 1. The van der Waals surface area contributed by atoms with E-state index in [2.05, 4.69) is 10.4 Å². The van der Waals surface area contributed by atoms with Gasteiger partial charge in [0.05, 0.1) is 16.9 Å². The maximum atomic E-state index is 14.2. The Bertz CT molecular complexity index is 791. The van der Waals surface area contributed by atoms with Gasteiger partial charge in [-0.15, -0.1) is 0 Å². The highest BCUT2D eigenvalue weighted by Crippen LogP contribution is 2.19. The molecule has 1 aromatic carbocycles. The Morgan fingerprint density at radius 2 is 1.92 bits per heavy atom. The highest BCUT2D eigenvalue weighted by molar-refractivity contribution is 6.03. The van der Waals surface area contributed by atoms with E-state index in [0.717, 1.165) is 6.07 Å². The number of amides is 1. The Labute approximate surface area is 139 Å². The molecule has 0 aliphatic carbocycles. The van der Waals surface area contributed by atoms with E-state index in [1.165, 1.54) is 16.8 Å². The summed E-state index contributed by atoms with van der Waals surface area (Å²) in [7, 11) is 1.63. The van der Waals surface area contributed by atoms with Crippen LogP contribution in [0.5, 0.6) is 0 Å². The molecule has 1 amide bonds. The average molecular weight is 333 g/mol. The van der Waals surface area contributed by atoms with Crippen LogP contribution in [0.4, 0.5) is 10.1 Å². The molecule has 1 heterocycles. The number of rotatable bonds is 3. The molecule has 2 rings (SSSR count). The minimum atomic E-state index is -0.717. The molecule has 0 radical (unpaired) electrons. The van der Waals surface area contributed by atoms with Gasteiger partial charge in [0.2, 0.25) is 0 Å². The third-order valence-electron chi connectivity index (χ3n) is 3.09. The molecule has 0 aliphatic heterocycles. The lowest BCUT2D eigenvalue weighted by molar-refractivity contribution is 0.00690. The van der Waals surface area contributed by atoms with E-state index < -0.39 is 23.3 Å². The number of hydrogen-bond donors (Lipinski definition) is 1. The van der Waals surface area contributed by atoms with Crippen molar-refractivity contribution >= 4 is 17.6 Å². The fourth-order valence-corrected chi connectivity index (χ4v) is 2.09. The Kier molecular flexibility index (Phi) is 4.73. The van der Waals surface area contributed by atoms with Gasteiger partial charge in [-0.25, -0.2) is 9.18 Å². The fourth-order valence-electron chi connectivity index (χ4n) is 2.09. The summed E-state index contributed by atoms with van der Waals surface area (Å²) in [5, 5.41) is 6.54. The van der Waals surface area contributed by atoms with E-state index in [4.69, 9.17) is 4.74 Å². The third kappa shape index (κ3) is 4.18. The molecular formula is C17H20FN3O3. The molecular weight excluding hydrogens is 313 g/mol. The SMILES string of the molecule is Cc1cc(C(=O)Nc2ccc(C(=O)OC(C)(C)C)cc2F)n(C)n1. The monoisotopic (exact) mass is 333 g/mol. The molecule has 2 aromatic rings. The Morgan fingerprint density at radius 3 is 2.42 bits per heavy atom. The number of aromatic nitrogens is 2. The third-order valence-corrected chi connectivity index (χ3v) is 3.09.